The molecule has 0 fully saturated rings. The molecule has 2 amide bonds. The van der Waals surface area contributed by atoms with Gasteiger partial charge in [0.2, 0.25) is 5.91 Å². The first kappa shape index (κ1) is 23.7. The molecule has 6 nitrogen and oxygen atoms in total. The Balaban J connectivity index is 1.60. The Kier molecular flexibility index (Phi) is 7.51. The Morgan fingerprint density at radius 2 is 1.66 bits per heavy atom. The largest absolute Gasteiger partial charge is 0.347 e. The van der Waals surface area contributed by atoms with E-state index in [1.165, 1.54) is 0 Å². The zero-order valence-electron chi connectivity index (χ0n) is 17.7. The molecule has 0 aliphatic rings. The topological polar surface area (TPSA) is 97.1 Å². The van der Waals surface area contributed by atoms with Crippen LogP contribution in [-0.2, 0) is 10.3 Å². The molecule has 2 aromatic carbocycles. The van der Waals surface area contributed by atoms with Crippen LogP contribution >= 0.6 is 23.2 Å². The average Bonchev–Trinajstić information content (AvgIpc) is 2.76. The van der Waals surface area contributed by atoms with Crippen LogP contribution in [0.15, 0.2) is 67.0 Å². The van der Waals surface area contributed by atoms with Gasteiger partial charge in [-0.15, -0.1) is 0 Å². The van der Waals surface area contributed by atoms with Crippen molar-refractivity contribution in [2.75, 3.05) is 5.32 Å². The lowest BCUT2D eigenvalue weighted by molar-refractivity contribution is -0.123. The molecular formula is C24H24Cl2N4O2. The number of benzene rings is 2. The van der Waals surface area contributed by atoms with Crippen LogP contribution in [0.4, 0.5) is 5.69 Å². The number of nitrogens with two attached hydrogens (primary N) is 1. The lowest BCUT2D eigenvalue weighted by Crippen LogP contribution is -2.42. The first-order chi connectivity index (χ1) is 15.2. The summed E-state index contributed by atoms with van der Waals surface area (Å²) in [6.45, 7) is 3.76. The van der Waals surface area contributed by atoms with Gasteiger partial charge in [0.1, 0.15) is 0 Å². The molecule has 1 atom stereocenters. The summed E-state index contributed by atoms with van der Waals surface area (Å²) < 4.78 is 0. The smallest absolute Gasteiger partial charge is 0.255 e. The predicted octanol–water partition coefficient (Wildman–Crippen LogP) is 5.08. The van der Waals surface area contributed by atoms with Gasteiger partial charge in [-0.1, -0.05) is 41.4 Å². The minimum atomic E-state index is -0.653. The Labute approximate surface area is 197 Å². The van der Waals surface area contributed by atoms with Gasteiger partial charge in [-0.2, -0.15) is 0 Å². The summed E-state index contributed by atoms with van der Waals surface area (Å²) in [6, 6.07) is 15.0. The van der Waals surface area contributed by atoms with E-state index in [1.807, 2.05) is 19.9 Å². The van der Waals surface area contributed by atoms with Gasteiger partial charge in [-0.25, -0.2) is 0 Å². The molecule has 0 bridgehead atoms. The van der Waals surface area contributed by atoms with Gasteiger partial charge in [0.05, 0.1) is 15.6 Å². The highest BCUT2D eigenvalue weighted by molar-refractivity contribution is 6.42. The van der Waals surface area contributed by atoms with Crippen molar-refractivity contribution in [3.63, 3.8) is 0 Å². The summed E-state index contributed by atoms with van der Waals surface area (Å²) in [5.74, 6) is -0.439. The van der Waals surface area contributed by atoms with E-state index in [1.54, 1.807) is 60.9 Å². The van der Waals surface area contributed by atoms with Gasteiger partial charge in [0, 0.05) is 36.1 Å². The summed E-state index contributed by atoms with van der Waals surface area (Å²) in [7, 11) is 0. The zero-order valence-corrected chi connectivity index (χ0v) is 19.2. The molecule has 0 saturated heterocycles. The second-order valence-electron chi connectivity index (χ2n) is 7.92. The third-order valence-electron chi connectivity index (χ3n) is 5.04. The lowest BCUT2D eigenvalue weighted by Gasteiger charge is -2.28. The lowest BCUT2D eigenvalue weighted by atomic mass is 9.93. The number of anilines is 1. The first-order valence-electron chi connectivity index (χ1n) is 9.99. The van der Waals surface area contributed by atoms with Gasteiger partial charge in [0.15, 0.2) is 0 Å². The van der Waals surface area contributed by atoms with Gasteiger partial charge in [-0.3, -0.25) is 14.6 Å². The van der Waals surface area contributed by atoms with E-state index in [0.717, 1.165) is 11.1 Å². The SMILES string of the molecule is CC(C)(NC(=O)CC(N)c1ccc(C(=O)Nc2ccncc2)cc1)c1ccc(Cl)c(Cl)c1. The molecule has 1 heterocycles. The van der Waals surface area contributed by atoms with Gasteiger partial charge in [0.25, 0.3) is 5.91 Å². The third kappa shape index (κ3) is 6.07. The van der Waals surface area contributed by atoms with Crippen molar-refractivity contribution in [3.8, 4) is 0 Å². The highest BCUT2D eigenvalue weighted by Gasteiger charge is 2.25. The number of carbonyl (C=O) groups is 2. The molecule has 0 radical (unpaired) electrons. The van der Waals surface area contributed by atoms with E-state index in [-0.39, 0.29) is 18.2 Å². The van der Waals surface area contributed by atoms with E-state index in [2.05, 4.69) is 15.6 Å². The second-order valence-corrected chi connectivity index (χ2v) is 8.74. The fourth-order valence-corrected chi connectivity index (χ4v) is 3.49. The van der Waals surface area contributed by atoms with Crippen LogP contribution in [0, 0.1) is 0 Å². The van der Waals surface area contributed by atoms with Crippen LogP contribution in [0.5, 0.6) is 0 Å². The normalized spacial score (nSPS) is 12.2. The highest BCUT2D eigenvalue weighted by Crippen LogP contribution is 2.29. The molecular weight excluding hydrogens is 447 g/mol. The minimum absolute atomic E-state index is 0.0906. The Morgan fingerprint density at radius 3 is 2.28 bits per heavy atom. The number of pyridine rings is 1. The monoisotopic (exact) mass is 470 g/mol. The summed E-state index contributed by atoms with van der Waals surface area (Å²) in [6.07, 6.45) is 3.30. The van der Waals surface area contributed by atoms with Crippen molar-refractivity contribution in [3.05, 3.63) is 93.7 Å². The van der Waals surface area contributed by atoms with Crippen molar-refractivity contribution in [2.45, 2.75) is 31.8 Å². The number of rotatable bonds is 7. The zero-order chi connectivity index (χ0) is 23.3. The molecule has 0 spiro atoms. The molecule has 1 aromatic heterocycles. The Morgan fingerprint density at radius 1 is 1.00 bits per heavy atom. The second kappa shape index (κ2) is 10.1. The van der Waals surface area contributed by atoms with Crippen LogP contribution in [-0.4, -0.2) is 16.8 Å². The molecule has 0 saturated carbocycles. The molecule has 4 N–H and O–H groups in total. The minimum Gasteiger partial charge on any atom is -0.347 e. The molecule has 3 rings (SSSR count). The van der Waals surface area contributed by atoms with E-state index >= 15 is 0 Å². The number of carbonyl (C=O) groups excluding carboxylic acids is 2. The first-order valence-corrected chi connectivity index (χ1v) is 10.7. The van der Waals surface area contributed by atoms with Crippen LogP contribution in [0.2, 0.25) is 10.0 Å². The Bertz CT molecular complexity index is 1100. The maximum absolute atomic E-state index is 12.6. The maximum atomic E-state index is 12.6. The summed E-state index contributed by atoms with van der Waals surface area (Å²) in [4.78, 5) is 28.9. The van der Waals surface area contributed by atoms with Crippen LogP contribution in [0.1, 0.15) is 47.8 Å². The predicted molar refractivity (Wildman–Crippen MR) is 128 cm³/mol. The fourth-order valence-electron chi connectivity index (χ4n) is 3.19. The van der Waals surface area contributed by atoms with Crippen molar-refractivity contribution in [1.82, 2.24) is 10.3 Å². The van der Waals surface area contributed by atoms with Crippen molar-refractivity contribution < 1.29 is 9.59 Å². The summed E-state index contributed by atoms with van der Waals surface area (Å²) in [5, 5.41) is 6.67. The molecule has 166 valence electrons. The fraction of sp³-hybridized carbons (Fsp3) is 0.208. The van der Waals surface area contributed by atoms with E-state index in [0.29, 0.717) is 21.3 Å². The maximum Gasteiger partial charge on any atom is 0.255 e. The van der Waals surface area contributed by atoms with E-state index in [9.17, 15) is 9.59 Å². The van der Waals surface area contributed by atoms with Crippen molar-refractivity contribution in [2.24, 2.45) is 5.73 Å². The average molecular weight is 471 g/mol. The standard InChI is InChI=1S/C24H24Cl2N4O2/c1-24(2,17-7-8-19(25)20(26)13-17)30-22(31)14-21(27)15-3-5-16(6-4-15)23(32)29-18-9-11-28-12-10-18/h3-13,21H,14,27H2,1-2H3,(H,30,31)(H,28,29,32). The van der Waals surface area contributed by atoms with Crippen molar-refractivity contribution in [1.29, 1.82) is 0 Å². The molecule has 8 heteroatoms. The van der Waals surface area contributed by atoms with E-state index in [4.69, 9.17) is 28.9 Å². The van der Waals surface area contributed by atoms with Crippen LogP contribution in [0.3, 0.4) is 0 Å². The van der Waals surface area contributed by atoms with Gasteiger partial charge < -0.3 is 16.4 Å². The summed E-state index contributed by atoms with van der Waals surface area (Å²) in [5.41, 5.74) is 8.32. The van der Waals surface area contributed by atoms with Gasteiger partial charge >= 0.3 is 0 Å². The number of halogens is 2. The van der Waals surface area contributed by atoms with Crippen LogP contribution in [0.25, 0.3) is 0 Å². The third-order valence-corrected chi connectivity index (χ3v) is 5.78. The number of amides is 2. The number of hydrogen-bond donors (Lipinski definition) is 3. The van der Waals surface area contributed by atoms with E-state index < -0.39 is 11.6 Å². The quantitative estimate of drug-likeness (QED) is 0.448. The molecule has 32 heavy (non-hydrogen) atoms. The van der Waals surface area contributed by atoms with Gasteiger partial charge in [-0.05, 0) is 61.4 Å². The molecule has 0 aliphatic carbocycles. The summed E-state index contributed by atoms with van der Waals surface area (Å²) >= 11 is 12.1. The highest BCUT2D eigenvalue weighted by atomic mass is 35.5. The van der Waals surface area contributed by atoms with Crippen LogP contribution < -0.4 is 16.4 Å². The number of nitrogens with one attached hydrogen (secondary N) is 2. The molecule has 3 aromatic rings. The molecule has 0 aliphatic heterocycles. The van der Waals surface area contributed by atoms with Crippen molar-refractivity contribution >= 4 is 40.7 Å². The molecule has 1 unspecified atom stereocenters. The number of aromatic nitrogens is 1. The number of nitrogens with zero attached hydrogens (tertiary/aromatic N) is 1. The number of hydrogen-bond acceptors (Lipinski definition) is 4. The Hall–Kier alpha value is -2.93.